The van der Waals surface area contributed by atoms with E-state index in [1.54, 1.807) is 26.1 Å². The number of aryl methyl sites for hydroxylation is 1. The molecule has 21 heavy (non-hydrogen) atoms. The van der Waals surface area contributed by atoms with Gasteiger partial charge in [-0.25, -0.2) is 4.98 Å². The van der Waals surface area contributed by atoms with Crippen LogP contribution in [0.5, 0.6) is 0 Å². The van der Waals surface area contributed by atoms with E-state index in [-0.39, 0.29) is 11.6 Å². The second kappa shape index (κ2) is 5.48. The highest BCUT2D eigenvalue weighted by atomic mass is 19.4. The second-order valence-corrected chi connectivity index (χ2v) is 4.55. The third-order valence-electron chi connectivity index (χ3n) is 2.85. The van der Waals surface area contributed by atoms with Gasteiger partial charge in [-0.15, -0.1) is 0 Å². The van der Waals surface area contributed by atoms with E-state index in [2.05, 4.69) is 10.3 Å². The summed E-state index contributed by atoms with van der Waals surface area (Å²) in [5.41, 5.74) is -0.641. The van der Waals surface area contributed by atoms with Gasteiger partial charge in [0.1, 0.15) is 17.9 Å². The molecule has 0 fully saturated rings. The zero-order chi connectivity index (χ0) is 15.6. The summed E-state index contributed by atoms with van der Waals surface area (Å²) in [6.45, 7) is 3.48. The zero-order valence-corrected chi connectivity index (χ0v) is 11.3. The Bertz CT molecular complexity index is 686. The van der Waals surface area contributed by atoms with Crippen molar-refractivity contribution < 1.29 is 17.6 Å². The largest absolute Gasteiger partial charge is 0.444 e. The minimum atomic E-state index is -4.48. The summed E-state index contributed by atoms with van der Waals surface area (Å²) in [6, 6.07) is 4.36. The molecule has 4 nitrogen and oxygen atoms in total. The highest BCUT2D eigenvalue weighted by Gasteiger charge is 2.31. The third-order valence-corrected chi connectivity index (χ3v) is 2.85. The van der Waals surface area contributed by atoms with Crippen molar-refractivity contribution in [1.82, 2.24) is 4.98 Å². The average Bonchev–Trinajstić information content (AvgIpc) is 2.84. The summed E-state index contributed by atoms with van der Waals surface area (Å²) in [6.07, 6.45) is -2.93. The molecule has 0 radical (unpaired) electrons. The summed E-state index contributed by atoms with van der Waals surface area (Å²) in [4.78, 5) is 4.03. The van der Waals surface area contributed by atoms with Crippen LogP contribution in [0.1, 0.15) is 35.7 Å². The van der Waals surface area contributed by atoms with Gasteiger partial charge >= 0.3 is 6.18 Å². The number of hydrogen-bond acceptors (Lipinski definition) is 4. The number of benzene rings is 1. The Hall–Kier alpha value is -2.49. The maximum Gasteiger partial charge on any atom is 0.416 e. The van der Waals surface area contributed by atoms with E-state index in [0.29, 0.717) is 17.3 Å². The fourth-order valence-electron chi connectivity index (χ4n) is 1.81. The average molecular weight is 295 g/mol. The smallest absolute Gasteiger partial charge is 0.416 e. The van der Waals surface area contributed by atoms with Crippen LogP contribution in [0.25, 0.3) is 0 Å². The summed E-state index contributed by atoms with van der Waals surface area (Å²) >= 11 is 0. The van der Waals surface area contributed by atoms with E-state index in [4.69, 9.17) is 9.68 Å². The molecule has 2 aromatic rings. The molecule has 0 saturated heterocycles. The maximum atomic E-state index is 12.6. The Morgan fingerprint density at radius 1 is 1.38 bits per heavy atom. The molecule has 1 heterocycles. The van der Waals surface area contributed by atoms with Crippen LogP contribution in [0.3, 0.4) is 0 Å². The molecule has 0 aliphatic rings. The molecule has 1 N–H and O–H groups in total. The molecular formula is C14H12F3N3O. The molecule has 1 atom stereocenters. The minimum absolute atomic E-state index is 0.0834. The quantitative estimate of drug-likeness (QED) is 0.928. The fourth-order valence-corrected chi connectivity index (χ4v) is 1.81. The van der Waals surface area contributed by atoms with Gasteiger partial charge < -0.3 is 9.73 Å². The number of oxazole rings is 1. The number of nitrogens with one attached hydrogen (secondary N) is 1. The number of anilines is 1. The lowest BCUT2D eigenvalue weighted by Crippen LogP contribution is -2.10. The van der Waals surface area contributed by atoms with E-state index < -0.39 is 11.7 Å². The monoisotopic (exact) mass is 295 g/mol. The van der Waals surface area contributed by atoms with Crippen LogP contribution in [0.2, 0.25) is 0 Å². The molecule has 7 heteroatoms. The van der Waals surface area contributed by atoms with Gasteiger partial charge in [-0.2, -0.15) is 18.4 Å². The fraction of sp³-hybridized carbons (Fsp3) is 0.286. The Kier molecular flexibility index (Phi) is 3.89. The van der Waals surface area contributed by atoms with E-state index in [1.807, 2.05) is 0 Å². The molecule has 1 unspecified atom stereocenters. The van der Waals surface area contributed by atoms with Gasteiger partial charge in [-0.05, 0) is 32.0 Å². The van der Waals surface area contributed by atoms with Crippen molar-refractivity contribution in [2.75, 3.05) is 5.32 Å². The molecule has 0 aliphatic carbocycles. The lowest BCUT2D eigenvalue weighted by Gasteiger charge is -2.15. The molecule has 110 valence electrons. The van der Waals surface area contributed by atoms with Crippen molar-refractivity contribution in [2.45, 2.75) is 26.1 Å². The number of hydrogen-bond donors (Lipinski definition) is 1. The van der Waals surface area contributed by atoms with Gasteiger partial charge in [0.25, 0.3) is 0 Å². The van der Waals surface area contributed by atoms with Crippen LogP contribution in [0.15, 0.2) is 28.8 Å². The van der Waals surface area contributed by atoms with Gasteiger partial charge in [0.2, 0.25) is 5.89 Å². The molecule has 0 spiro atoms. The zero-order valence-electron chi connectivity index (χ0n) is 11.3. The molecule has 0 bridgehead atoms. The van der Waals surface area contributed by atoms with Crippen LogP contribution in [0.4, 0.5) is 18.9 Å². The SMILES string of the molecule is Cc1cnc(C(C)Nc2ccc(C(F)(F)F)cc2C#N)o1. The lowest BCUT2D eigenvalue weighted by molar-refractivity contribution is -0.137. The Morgan fingerprint density at radius 2 is 2.10 bits per heavy atom. The van der Waals surface area contributed by atoms with Gasteiger partial charge in [0.05, 0.1) is 23.0 Å². The van der Waals surface area contributed by atoms with Crippen LogP contribution in [0, 0.1) is 18.3 Å². The number of rotatable bonds is 3. The molecule has 0 saturated carbocycles. The van der Waals surface area contributed by atoms with Gasteiger partial charge in [0, 0.05) is 0 Å². The third kappa shape index (κ3) is 3.34. The van der Waals surface area contributed by atoms with Gasteiger partial charge in [-0.3, -0.25) is 0 Å². The molecule has 1 aromatic carbocycles. The molecule has 1 aromatic heterocycles. The molecule has 0 amide bonds. The number of halogens is 3. The van der Waals surface area contributed by atoms with Crippen molar-refractivity contribution >= 4 is 5.69 Å². The van der Waals surface area contributed by atoms with Gasteiger partial charge in [-0.1, -0.05) is 0 Å². The Labute approximate surface area is 119 Å². The Balaban J connectivity index is 2.26. The second-order valence-electron chi connectivity index (χ2n) is 4.55. The number of nitrogens with zero attached hydrogens (tertiary/aromatic N) is 2. The molecule has 2 rings (SSSR count). The number of nitriles is 1. The van der Waals surface area contributed by atoms with Crippen LogP contribution < -0.4 is 5.32 Å². The van der Waals surface area contributed by atoms with Gasteiger partial charge in [0.15, 0.2) is 0 Å². The summed E-state index contributed by atoms with van der Waals surface area (Å²) in [5, 5.41) is 11.9. The van der Waals surface area contributed by atoms with E-state index in [9.17, 15) is 13.2 Å². The topological polar surface area (TPSA) is 61.9 Å². The minimum Gasteiger partial charge on any atom is -0.444 e. The molecule has 0 aliphatic heterocycles. The van der Waals surface area contributed by atoms with Crippen LogP contribution in [-0.4, -0.2) is 4.98 Å². The van der Waals surface area contributed by atoms with Crippen molar-refractivity contribution in [3.05, 3.63) is 47.2 Å². The van der Waals surface area contributed by atoms with Crippen LogP contribution >= 0.6 is 0 Å². The summed E-state index contributed by atoms with van der Waals surface area (Å²) in [5.74, 6) is 1.03. The first-order chi connectivity index (χ1) is 9.81. The normalized spacial score (nSPS) is 12.8. The first-order valence-electron chi connectivity index (χ1n) is 6.11. The van der Waals surface area contributed by atoms with Crippen molar-refractivity contribution in [3.8, 4) is 6.07 Å². The first kappa shape index (κ1) is 14.9. The number of alkyl halides is 3. The highest BCUT2D eigenvalue weighted by Crippen LogP contribution is 2.32. The summed E-state index contributed by atoms with van der Waals surface area (Å²) in [7, 11) is 0. The van der Waals surface area contributed by atoms with E-state index in [0.717, 1.165) is 12.1 Å². The summed E-state index contributed by atoms with van der Waals surface area (Å²) < 4.78 is 43.2. The maximum absolute atomic E-state index is 12.6. The predicted octanol–water partition coefficient (Wildman–Crippen LogP) is 4.05. The first-order valence-corrected chi connectivity index (χ1v) is 6.11. The van der Waals surface area contributed by atoms with E-state index in [1.165, 1.54) is 6.07 Å². The number of aromatic nitrogens is 1. The van der Waals surface area contributed by atoms with Crippen molar-refractivity contribution in [1.29, 1.82) is 5.26 Å². The van der Waals surface area contributed by atoms with Crippen molar-refractivity contribution in [3.63, 3.8) is 0 Å². The standard InChI is InChI=1S/C14H12F3N3O/c1-8-7-19-13(21-8)9(2)20-12-4-3-11(14(15,16)17)5-10(12)6-18/h3-5,7,9,20H,1-2H3. The highest BCUT2D eigenvalue weighted by molar-refractivity contribution is 5.59. The van der Waals surface area contributed by atoms with Crippen LogP contribution in [-0.2, 0) is 6.18 Å². The lowest BCUT2D eigenvalue weighted by atomic mass is 10.1. The predicted molar refractivity (Wildman–Crippen MR) is 69.4 cm³/mol. The Morgan fingerprint density at radius 3 is 2.62 bits per heavy atom. The van der Waals surface area contributed by atoms with Crippen molar-refractivity contribution in [2.24, 2.45) is 0 Å². The molecular weight excluding hydrogens is 283 g/mol. The van der Waals surface area contributed by atoms with E-state index >= 15 is 0 Å².